The van der Waals surface area contributed by atoms with Gasteiger partial charge in [0.05, 0.1) is 37.4 Å². The van der Waals surface area contributed by atoms with Crippen LogP contribution in [-0.4, -0.2) is 58.4 Å². The molecule has 0 aromatic heterocycles. The van der Waals surface area contributed by atoms with Crippen molar-refractivity contribution in [2.24, 2.45) is 0 Å². The van der Waals surface area contributed by atoms with E-state index in [1.54, 1.807) is 0 Å². The summed E-state index contributed by atoms with van der Waals surface area (Å²) in [6.07, 6.45) is 1.77. The molecule has 2 atom stereocenters. The first kappa shape index (κ1) is 12.3. The van der Waals surface area contributed by atoms with Crippen LogP contribution in [-0.2, 0) is 19.3 Å². The molecule has 1 N–H and O–H groups in total. The van der Waals surface area contributed by atoms with Crippen LogP contribution in [0.1, 0.15) is 12.8 Å². The van der Waals surface area contributed by atoms with Crippen molar-refractivity contribution in [2.75, 3.05) is 37.9 Å². The van der Waals surface area contributed by atoms with Crippen molar-refractivity contribution in [1.82, 2.24) is 5.32 Å². The van der Waals surface area contributed by atoms with Crippen molar-refractivity contribution in [2.45, 2.75) is 25.0 Å². The highest BCUT2D eigenvalue weighted by Gasteiger charge is 2.25. The molecule has 0 aliphatic carbocycles. The summed E-state index contributed by atoms with van der Waals surface area (Å²) in [6, 6.07) is 0.0873. The monoisotopic (exact) mass is 249 g/mol. The van der Waals surface area contributed by atoms with Crippen LogP contribution in [0.4, 0.5) is 0 Å². The van der Waals surface area contributed by atoms with E-state index < -0.39 is 9.84 Å². The van der Waals surface area contributed by atoms with E-state index in [0.717, 1.165) is 12.8 Å². The van der Waals surface area contributed by atoms with Gasteiger partial charge in [-0.15, -0.1) is 0 Å². The highest BCUT2D eigenvalue weighted by Crippen LogP contribution is 2.12. The highest BCUT2D eigenvalue weighted by molar-refractivity contribution is 7.91. The molecule has 5 nitrogen and oxygen atoms in total. The van der Waals surface area contributed by atoms with E-state index in [-0.39, 0.29) is 17.9 Å². The van der Waals surface area contributed by atoms with Gasteiger partial charge in [0.15, 0.2) is 9.84 Å². The number of nitrogens with one attached hydrogen (secondary N) is 1. The van der Waals surface area contributed by atoms with Crippen molar-refractivity contribution in [3.05, 3.63) is 0 Å². The van der Waals surface area contributed by atoms with Gasteiger partial charge in [0.25, 0.3) is 0 Å². The molecular formula is C10H19NO4S. The topological polar surface area (TPSA) is 64.6 Å². The normalized spacial score (nSPS) is 34.8. The van der Waals surface area contributed by atoms with Gasteiger partial charge < -0.3 is 14.8 Å². The zero-order chi connectivity index (χ0) is 11.4. The fourth-order valence-electron chi connectivity index (χ4n) is 2.14. The molecule has 0 saturated carbocycles. The third-order valence-corrected chi connectivity index (χ3v) is 4.80. The molecule has 6 heteroatoms. The fraction of sp³-hybridized carbons (Fsp3) is 1.00. The Kier molecular flexibility index (Phi) is 4.18. The van der Waals surface area contributed by atoms with Gasteiger partial charge in [0.2, 0.25) is 0 Å². The molecule has 0 aromatic carbocycles. The molecule has 0 aromatic rings. The van der Waals surface area contributed by atoms with Crippen molar-refractivity contribution in [3.8, 4) is 0 Å². The maximum atomic E-state index is 11.4. The minimum atomic E-state index is -2.82. The number of hydrogen-bond acceptors (Lipinski definition) is 5. The van der Waals surface area contributed by atoms with Crippen molar-refractivity contribution < 1.29 is 17.9 Å². The van der Waals surface area contributed by atoms with E-state index in [1.807, 2.05) is 0 Å². The second-order valence-electron chi connectivity index (χ2n) is 4.43. The molecule has 0 radical (unpaired) electrons. The quantitative estimate of drug-likeness (QED) is 0.735. The number of sulfone groups is 1. The summed E-state index contributed by atoms with van der Waals surface area (Å²) < 4.78 is 33.6. The van der Waals surface area contributed by atoms with E-state index in [2.05, 4.69) is 5.32 Å². The van der Waals surface area contributed by atoms with E-state index >= 15 is 0 Å². The van der Waals surface area contributed by atoms with Gasteiger partial charge >= 0.3 is 0 Å². The average Bonchev–Trinajstić information content (AvgIpc) is 2.27. The van der Waals surface area contributed by atoms with Crippen LogP contribution in [0, 0.1) is 0 Å². The molecule has 2 heterocycles. The second-order valence-corrected chi connectivity index (χ2v) is 6.66. The lowest BCUT2D eigenvalue weighted by Crippen LogP contribution is -2.46. The summed E-state index contributed by atoms with van der Waals surface area (Å²) in [7, 11) is -2.82. The maximum absolute atomic E-state index is 11.4. The first-order valence-electron chi connectivity index (χ1n) is 5.79. The summed E-state index contributed by atoms with van der Waals surface area (Å²) in [5.41, 5.74) is 0. The highest BCUT2D eigenvalue weighted by atomic mass is 32.2. The number of rotatable bonds is 3. The molecule has 0 bridgehead atoms. The third-order valence-electron chi connectivity index (χ3n) is 2.98. The Morgan fingerprint density at radius 3 is 2.88 bits per heavy atom. The Hall–Kier alpha value is -0.170. The maximum Gasteiger partial charge on any atom is 0.151 e. The lowest BCUT2D eigenvalue weighted by Gasteiger charge is -2.27. The standard InChI is InChI=1S/C10H19NO4S/c12-16(13)5-1-2-9(8-16)11-6-10-7-14-3-4-15-10/h9-11H,1-8H2. The third kappa shape index (κ3) is 3.69. The predicted octanol–water partition coefficient (Wildman–Crippen LogP) is -0.431. The Bertz CT molecular complexity index is 311. The average molecular weight is 249 g/mol. The van der Waals surface area contributed by atoms with Gasteiger partial charge in [-0.1, -0.05) is 0 Å². The zero-order valence-electron chi connectivity index (χ0n) is 9.35. The lowest BCUT2D eigenvalue weighted by atomic mass is 10.2. The van der Waals surface area contributed by atoms with Gasteiger partial charge in [0, 0.05) is 12.6 Å². The SMILES string of the molecule is O=S1(=O)CCCC(NCC2COCCO2)C1. The largest absolute Gasteiger partial charge is 0.376 e. The molecule has 0 spiro atoms. The Morgan fingerprint density at radius 1 is 1.31 bits per heavy atom. The minimum absolute atomic E-state index is 0.0679. The van der Waals surface area contributed by atoms with E-state index in [1.165, 1.54) is 0 Å². The summed E-state index contributed by atoms with van der Waals surface area (Å²) in [5, 5.41) is 3.26. The van der Waals surface area contributed by atoms with E-state index in [0.29, 0.717) is 32.1 Å². The molecule has 2 unspecified atom stereocenters. The summed E-state index contributed by atoms with van der Waals surface area (Å²) >= 11 is 0. The Balaban J connectivity index is 1.72. The van der Waals surface area contributed by atoms with E-state index in [9.17, 15) is 8.42 Å². The van der Waals surface area contributed by atoms with Gasteiger partial charge in [0.1, 0.15) is 0 Å². The van der Waals surface area contributed by atoms with E-state index in [4.69, 9.17) is 9.47 Å². The molecule has 2 rings (SSSR count). The van der Waals surface area contributed by atoms with Crippen LogP contribution in [0.25, 0.3) is 0 Å². The number of hydrogen-bond donors (Lipinski definition) is 1. The Labute approximate surface area is 96.4 Å². The van der Waals surface area contributed by atoms with Crippen LogP contribution in [0.2, 0.25) is 0 Å². The van der Waals surface area contributed by atoms with Crippen LogP contribution in [0.5, 0.6) is 0 Å². The number of ether oxygens (including phenoxy) is 2. The summed E-state index contributed by atoms with van der Waals surface area (Å²) in [6.45, 7) is 2.58. The minimum Gasteiger partial charge on any atom is -0.376 e. The van der Waals surface area contributed by atoms with Gasteiger partial charge in [-0.3, -0.25) is 0 Å². The Morgan fingerprint density at radius 2 is 2.19 bits per heavy atom. The van der Waals surface area contributed by atoms with Crippen LogP contribution < -0.4 is 5.32 Å². The van der Waals surface area contributed by atoms with Crippen molar-refractivity contribution in [3.63, 3.8) is 0 Å². The smallest absolute Gasteiger partial charge is 0.151 e. The molecule has 16 heavy (non-hydrogen) atoms. The molecule has 94 valence electrons. The molecule has 0 amide bonds. The van der Waals surface area contributed by atoms with Crippen LogP contribution in [0.15, 0.2) is 0 Å². The van der Waals surface area contributed by atoms with Gasteiger partial charge in [-0.25, -0.2) is 8.42 Å². The first-order chi connectivity index (χ1) is 7.66. The molecular weight excluding hydrogens is 230 g/mol. The summed E-state index contributed by atoms with van der Waals surface area (Å²) in [5.74, 6) is 0.606. The second kappa shape index (κ2) is 5.44. The van der Waals surface area contributed by atoms with Crippen molar-refractivity contribution >= 4 is 9.84 Å². The predicted molar refractivity (Wildman–Crippen MR) is 60.2 cm³/mol. The van der Waals surface area contributed by atoms with Gasteiger partial charge in [-0.2, -0.15) is 0 Å². The molecule has 2 aliphatic rings. The fourth-order valence-corrected chi connectivity index (χ4v) is 3.81. The van der Waals surface area contributed by atoms with Crippen LogP contribution in [0.3, 0.4) is 0 Å². The van der Waals surface area contributed by atoms with Crippen molar-refractivity contribution in [1.29, 1.82) is 0 Å². The first-order valence-corrected chi connectivity index (χ1v) is 7.61. The molecule has 2 fully saturated rings. The molecule has 2 saturated heterocycles. The lowest BCUT2D eigenvalue weighted by molar-refractivity contribution is -0.0869. The zero-order valence-corrected chi connectivity index (χ0v) is 10.2. The summed E-state index contributed by atoms with van der Waals surface area (Å²) in [4.78, 5) is 0. The van der Waals surface area contributed by atoms with Crippen LogP contribution >= 0.6 is 0 Å². The van der Waals surface area contributed by atoms with Gasteiger partial charge in [-0.05, 0) is 12.8 Å². The molecule has 2 aliphatic heterocycles.